The molecule has 100 valence electrons. The van der Waals surface area contributed by atoms with Crippen LogP contribution in [0.4, 0.5) is 0 Å². The van der Waals surface area contributed by atoms with Crippen LogP contribution in [-0.2, 0) is 7.05 Å². The second-order valence-corrected chi connectivity index (χ2v) is 5.44. The van der Waals surface area contributed by atoms with E-state index in [1.807, 2.05) is 0 Å². The molecule has 1 unspecified atom stereocenters. The summed E-state index contributed by atoms with van der Waals surface area (Å²) < 4.78 is 2.06. The molecule has 0 radical (unpaired) electrons. The molecule has 19 heavy (non-hydrogen) atoms. The maximum atomic E-state index is 4.71. The lowest BCUT2D eigenvalue weighted by Gasteiger charge is -2.22. The predicted molar refractivity (Wildman–Crippen MR) is 78.2 cm³/mol. The van der Waals surface area contributed by atoms with Gasteiger partial charge in [-0.25, -0.2) is 0 Å². The molecule has 1 aromatic carbocycles. The Labute approximate surface area is 114 Å². The van der Waals surface area contributed by atoms with E-state index in [4.69, 9.17) is 5.10 Å². The zero-order chi connectivity index (χ0) is 13.2. The molecular formula is C16H21N3. The summed E-state index contributed by atoms with van der Waals surface area (Å²) in [5.74, 6) is 0.601. The van der Waals surface area contributed by atoms with Crippen LogP contribution in [0.5, 0.6) is 0 Å². The molecule has 2 heterocycles. The monoisotopic (exact) mass is 255 g/mol. The average Bonchev–Trinajstić information content (AvgIpc) is 2.82. The summed E-state index contributed by atoms with van der Waals surface area (Å²) in [7, 11) is 2.06. The smallest absolute Gasteiger partial charge is 0.0928 e. The van der Waals surface area contributed by atoms with Crippen LogP contribution in [0.2, 0.25) is 0 Å². The first kappa shape index (κ1) is 12.4. The molecule has 3 heteroatoms. The van der Waals surface area contributed by atoms with Crippen molar-refractivity contribution in [1.82, 2.24) is 15.1 Å². The highest BCUT2D eigenvalue weighted by Crippen LogP contribution is 2.28. The molecule has 2 aromatic rings. The lowest BCUT2D eigenvalue weighted by Crippen LogP contribution is -2.29. The summed E-state index contributed by atoms with van der Waals surface area (Å²) in [6, 6.07) is 10.7. The van der Waals surface area contributed by atoms with Crippen molar-refractivity contribution in [3.05, 3.63) is 41.6 Å². The van der Waals surface area contributed by atoms with Gasteiger partial charge in [-0.05, 0) is 37.9 Å². The van der Waals surface area contributed by atoms with Gasteiger partial charge in [-0.2, -0.15) is 5.10 Å². The van der Waals surface area contributed by atoms with E-state index in [-0.39, 0.29) is 0 Å². The maximum Gasteiger partial charge on any atom is 0.0928 e. The van der Waals surface area contributed by atoms with Crippen molar-refractivity contribution in [3.8, 4) is 11.3 Å². The van der Waals surface area contributed by atoms with E-state index < -0.39 is 0 Å². The van der Waals surface area contributed by atoms with Gasteiger partial charge in [0.15, 0.2) is 0 Å². The van der Waals surface area contributed by atoms with Crippen molar-refractivity contribution in [3.63, 3.8) is 0 Å². The van der Waals surface area contributed by atoms with Crippen LogP contribution in [0.1, 0.15) is 30.0 Å². The van der Waals surface area contributed by atoms with Gasteiger partial charge in [-0.3, -0.25) is 4.68 Å². The van der Waals surface area contributed by atoms with Crippen molar-refractivity contribution in [2.75, 3.05) is 13.1 Å². The predicted octanol–water partition coefficient (Wildman–Crippen LogP) is 2.86. The Balaban J connectivity index is 1.95. The molecule has 0 aliphatic carbocycles. The molecule has 0 bridgehead atoms. The van der Waals surface area contributed by atoms with Crippen molar-refractivity contribution in [1.29, 1.82) is 0 Å². The minimum absolute atomic E-state index is 0.601. The summed E-state index contributed by atoms with van der Waals surface area (Å²) in [5, 5.41) is 8.19. The van der Waals surface area contributed by atoms with Gasteiger partial charge in [-0.15, -0.1) is 0 Å². The number of hydrogen-bond acceptors (Lipinski definition) is 2. The van der Waals surface area contributed by atoms with E-state index in [9.17, 15) is 0 Å². The molecule has 3 nitrogen and oxygen atoms in total. The summed E-state index contributed by atoms with van der Waals surface area (Å²) in [5.41, 5.74) is 4.98. The van der Waals surface area contributed by atoms with E-state index in [1.54, 1.807) is 0 Å². The Morgan fingerprint density at radius 3 is 2.89 bits per heavy atom. The third kappa shape index (κ3) is 2.43. The highest BCUT2D eigenvalue weighted by molar-refractivity contribution is 5.63. The van der Waals surface area contributed by atoms with Gasteiger partial charge in [0.1, 0.15) is 0 Å². The zero-order valence-corrected chi connectivity index (χ0v) is 11.7. The second-order valence-electron chi connectivity index (χ2n) is 5.44. The van der Waals surface area contributed by atoms with Gasteiger partial charge in [0, 0.05) is 30.8 Å². The number of aryl methyl sites for hydroxylation is 2. The third-order valence-corrected chi connectivity index (χ3v) is 4.05. The molecule has 3 rings (SSSR count). The SMILES string of the molecule is Cc1ccccc1-c1cc(C2CCCNC2)n(C)n1. The normalized spacial score (nSPS) is 19.6. The van der Waals surface area contributed by atoms with Crippen molar-refractivity contribution in [2.24, 2.45) is 7.05 Å². The third-order valence-electron chi connectivity index (χ3n) is 4.05. The fraction of sp³-hybridized carbons (Fsp3) is 0.438. The molecular weight excluding hydrogens is 234 g/mol. The molecule has 0 amide bonds. The fourth-order valence-electron chi connectivity index (χ4n) is 2.96. The molecule has 0 saturated carbocycles. The number of hydrogen-bond donors (Lipinski definition) is 1. The zero-order valence-electron chi connectivity index (χ0n) is 11.7. The standard InChI is InChI=1S/C16H21N3/c1-12-6-3-4-8-14(12)15-10-16(19(2)18-15)13-7-5-9-17-11-13/h3-4,6,8,10,13,17H,5,7,9,11H2,1-2H3. The van der Waals surface area contributed by atoms with E-state index in [0.717, 1.165) is 18.8 Å². The van der Waals surface area contributed by atoms with Crippen LogP contribution in [0, 0.1) is 6.92 Å². The minimum atomic E-state index is 0.601. The average molecular weight is 255 g/mol. The maximum absolute atomic E-state index is 4.71. The molecule has 0 spiro atoms. The molecule has 1 aliphatic heterocycles. The molecule has 1 atom stereocenters. The topological polar surface area (TPSA) is 29.9 Å². The van der Waals surface area contributed by atoms with Gasteiger partial charge in [-0.1, -0.05) is 24.3 Å². The lowest BCUT2D eigenvalue weighted by molar-refractivity contribution is 0.441. The van der Waals surface area contributed by atoms with Gasteiger partial charge in [0.2, 0.25) is 0 Å². The first-order valence-corrected chi connectivity index (χ1v) is 7.06. The van der Waals surface area contributed by atoms with Crippen LogP contribution in [0.15, 0.2) is 30.3 Å². The molecule has 1 aromatic heterocycles. The van der Waals surface area contributed by atoms with Crippen molar-refractivity contribution >= 4 is 0 Å². The Hall–Kier alpha value is -1.61. The van der Waals surface area contributed by atoms with Gasteiger partial charge < -0.3 is 5.32 Å². The second kappa shape index (κ2) is 5.17. The largest absolute Gasteiger partial charge is 0.316 e. The van der Waals surface area contributed by atoms with Gasteiger partial charge in [0.25, 0.3) is 0 Å². The Kier molecular flexibility index (Phi) is 3.38. The molecule has 1 aliphatic rings. The number of piperidine rings is 1. The van der Waals surface area contributed by atoms with E-state index >= 15 is 0 Å². The van der Waals surface area contributed by atoms with Crippen LogP contribution in [-0.4, -0.2) is 22.9 Å². The summed E-state index contributed by atoms with van der Waals surface area (Å²) in [6.07, 6.45) is 2.52. The summed E-state index contributed by atoms with van der Waals surface area (Å²) in [6.45, 7) is 4.37. The minimum Gasteiger partial charge on any atom is -0.316 e. The van der Waals surface area contributed by atoms with E-state index in [1.165, 1.54) is 29.7 Å². The quantitative estimate of drug-likeness (QED) is 0.894. The first-order chi connectivity index (χ1) is 9.25. The molecule has 1 N–H and O–H groups in total. The highest BCUT2D eigenvalue weighted by atomic mass is 15.3. The number of aromatic nitrogens is 2. The van der Waals surface area contributed by atoms with Crippen LogP contribution in [0.25, 0.3) is 11.3 Å². The molecule has 1 fully saturated rings. The number of nitrogens with zero attached hydrogens (tertiary/aromatic N) is 2. The van der Waals surface area contributed by atoms with Gasteiger partial charge >= 0.3 is 0 Å². The summed E-state index contributed by atoms with van der Waals surface area (Å²) >= 11 is 0. The Bertz CT molecular complexity index is 565. The summed E-state index contributed by atoms with van der Waals surface area (Å²) in [4.78, 5) is 0. The molecule has 1 saturated heterocycles. The van der Waals surface area contributed by atoms with Crippen molar-refractivity contribution in [2.45, 2.75) is 25.7 Å². The fourth-order valence-corrected chi connectivity index (χ4v) is 2.96. The Morgan fingerprint density at radius 2 is 2.16 bits per heavy atom. The Morgan fingerprint density at radius 1 is 1.32 bits per heavy atom. The lowest BCUT2D eigenvalue weighted by atomic mass is 9.95. The number of nitrogens with one attached hydrogen (secondary N) is 1. The van der Waals surface area contributed by atoms with Crippen LogP contribution < -0.4 is 5.32 Å². The number of benzene rings is 1. The number of rotatable bonds is 2. The van der Waals surface area contributed by atoms with Crippen LogP contribution in [0.3, 0.4) is 0 Å². The highest BCUT2D eigenvalue weighted by Gasteiger charge is 2.20. The van der Waals surface area contributed by atoms with Gasteiger partial charge in [0.05, 0.1) is 5.69 Å². The van der Waals surface area contributed by atoms with E-state index in [2.05, 4.69) is 54.3 Å². The van der Waals surface area contributed by atoms with Crippen LogP contribution >= 0.6 is 0 Å². The first-order valence-electron chi connectivity index (χ1n) is 7.06. The van der Waals surface area contributed by atoms with Crippen molar-refractivity contribution < 1.29 is 0 Å². The van der Waals surface area contributed by atoms with E-state index in [0.29, 0.717) is 5.92 Å².